The first kappa shape index (κ1) is 21.5. The van der Waals surface area contributed by atoms with Gasteiger partial charge in [-0.1, -0.05) is 13.3 Å². The zero-order valence-electron chi connectivity index (χ0n) is 16.8. The second kappa shape index (κ2) is 10.5. The summed E-state index contributed by atoms with van der Waals surface area (Å²) in [6.45, 7) is 9.74. The lowest BCUT2D eigenvalue weighted by Crippen LogP contribution is -2.22. The molecular formula is C20H26N6OS. The SMILES string of the molecule is CCCCC(=O)Nc1cc(N(CC)CC)ccc1/N=N/c1snc(C)c1C#N. The van der Waals surface area contributed by atoms with Gasteiger partial charge in [0, 0.05) is 25.2 Å². The van der Waals surface area contributed by atoms with E-state index in [1.165, 1.54) is 0 Å². The first-order valence-electron chi connectivity index (χ1n) is 9.50. The van der Waals surface area contributed by atoms with Crippen LogP contribution in [0.15, 0.2) is 28.4 Å². The van der Waals surface area contributed by atoms with Crippen LogP contribution < -0.4 is 10.2 Å². The maximum Gasteiger partial charge on any atom is 0.224 e. The summed E-state index contributed by atoms with van der Waals surface area (Å²) in [5.74, 6) is -0.0404. The number of carbonyl (C=O) groups excluding carboxylic acids is 1. The highest BCUT2D eigenvalue weighted by Crippen LogP contribution is 2.34. The van der Waals surface area contributed by atoms with E-state index in [9.17, 15) is 10.1 Å². The number of anilines is 2. The van der Waals surface area contributed by atoms with E-state index in [1.807, 2.05) is 18.2 Å². The molecule has 0 saturated carbocycles. The van der Waals surface area contributed by atoms with Gasteiger partial charge in [-0.05, 0) is 56.9 Å². The van der Waals surface area contributed by atoms with Crippen molar-refractivity contribution in [3.05, 3.63) is 29.5 Å². The van der Waals surface area contributed by atoms with Crippen LogP contribution in [0.25, 0.3) is 0 Å². The summed E-state index contributed by atoms with van der Waals surface area (Å²) in [6, 6.07) is 7.84. The molecule has 1 amide bonds. The normalized spacial score (nSPS) is 10.8. The Morgan fingerprint density at radius 3 is 2.68 bits per heavy atom. The zero-order chi connectivity index (χ0) is 20.5. The second-order valence-corrected chi connectivity index (χ2v) is 7.04. The number of unbranched alkanes of at least 4 members (excludes halogenated alkanes) is 1. The average molecular weight is 399 g/mol. The lowest BCUT2D eigenvalue weighted by Gasteiger charge is -2.22. The number of aromatic nitrogens is 1. The van der Waals surface area contributed by atoms with Crippen molar-refractivity contribution in [3.8, 4) is 6.07 Å². The Labute approximate surface area is 170 Å². The summed E-state index contributed by atoms with van der Waals surface area (Å²) in [7, 11) is 0. The molecule has 0 radical (unpaired) electrons. The monoisotopic (exact) mass is 398 g/mol. The molecule has 0 aliphatic rings. The largest absolute Gasteiger partial charge is 0.372 e. The number of nitriles is 1. The Balaban J connectivity index is 2.36. The lowest BCUT2D eigenvalue weighted by molar-refractivity contribution is -0.116. The molecular weight excluding hydrogens is 372 g/mol. The Kier molecular flexibility index (Phi) is 8.08. The van der Waals surface area contributed by atoms with Crippen LogP contribution in [0, 0.1) is 18.3 Å². The number of benzene rings is 1. The molecule has 0 atom stereocenters. The van der Waals surface area contributed by atoms with Gasteiger partial charge in [0.25, 0.3) is 0 Å². The third-order valence-corrected chi connectivity index (χ3v) is 5.17. The van der Waals surface area contributed by atoms with Crippen LogP contribution >= 0.6 is 11.5 Å². The maximum absolute atomic E-state index is 12.3. The standard InChI is InChI=1S/C20H26N6OS/c1-5-8-9-19(27)22-18-12-15(26(6-2)7-3)10-11-17(18)23-24-20-16(13-21)14(4)25-28-20/h10-12H,5-9H2,1-4H3,(H,22,27)/b24-23+. The number of hydrogen-bond acceptors (Lipinski definition) is 7. The molecule has 0 bridgehead atoms. The van der Waals surface area contributed by atoms with Gasteiger partial charge in [0.05, 0.1) is 11.4 Å². The van der Waals surface area contributed by atoms with Crippen LogP contribution in [-0.2, 0) is 4.79 Å². The van der Waals surface area contributed by atoms with Gasteiger partial charge < -0.3 is 10.2 Å². The van der Waals surface area contributed by atoms with Crippen LogP contribution in [0.5, 0.6) is 0 Å². The summed E-state index contributed by atoms with van der Waals surface area (Å²) in [5.41, 5.74) is 3.26. The Morgan fingerprint density at radius 2 is 2.04 bits per heavy atom. The van der Waals surface area contributed by atoms with E-state index < -0.39 is 0 Å². The van der Waals surface area contributed by atoms with Gasteiger partial charge in [-0.25, -0.2) is 0 Å². The van der Waals surface area contributed by atoms with Gasteiger partial charge in [-0.15, -0.1) is 10.2 Å². The molecule has 2 aromatic rings. The molecule has 1 heterocycles. The fraction of sp³-hybridized carbons (Fsp3) is 0.450. The molecule has 0 aliphatic heterocycles. The fourth-order valence-corrected chi connectivity index (χ4v) is 3.38. The average Bonchev–Trinajstić information content (AvgIpc) is 3.06. The molecule has 28 heavy (non-hydrogen) atoms. The quantitative estimate of drug-likeness (QED) is 0.547. The lowest BCUT2D eigenvalue weighted by atomic mass is 10.2. The van der Waals surface area contributed by atoms with Crippen LogP contribution in [0.4, 0.5) is 22.1 Å². The Morgan fingerprint density at radius 1 is 1.29 bits per heavy atom. The van der Waals surface area contributed by atoms with Crippen molar-refractivity contribution in [2.24, 2.45) is 10.2 Å². The fourth-order valence-electron chi connectivity index (χ4n) is 2.70. The van der Waals surface area contributed by atoms with E-state index in [1.54, 1.807) is 6.92 Å². The molecule has 0 saturated heterocycles. The second-order valence-electron chi connectivity index (χ2n) is 6.29. The van der Waals surface area contributed by atoms with Gasteiger partial charge in [0.1, 0.15) is 17.3 Å². The van der Waals surface area contributed by atoms with Crippen molar-refractivity contribution >= 4 is 39.5 Å². The Bertz CT molecular complexity index is 879. The first-order chi connectivity index (χ1) is 13.5. The van der Waals surface area contributed by atoms with Crippen molar-refractivity contribution in [2.45, 2.75) is 47.0 Å². The van der Waals surface area contributed by atoms with E-state index in [-0.39, 0.29) is 5.91 Å². The molecule has 0 unspecified atom stereocenters. The van der Waals surface area contributed by atoms with Gasteiger partial charge >= 0.3 is 0 Å². The third kappa shape index (κ3) is 5.36. The number of hydrogen-bond donors (Lipinski definition) is 1. The number of carbonyl (C=O) groups is 1. The van der Waals surface area contributed by atoms with Crippen LogP contribution in [0.3, 0.4) is 0 Å². The maximum atomic E-state index is 12.3. The number of rotatable bonds is 9. The number of aryl methyl sites for hydroxylation is 1. The van der Waals surface area contributed by atoms with Gasteiger partial charge in [0.15, 0.2) is 5.00 Å². The van der Waals surface area contributed by atoms with Crippen molar-refractivity contribution in [2.75, 3.05) is 23.3 Å². The molecule has 8 heteroatoms. The summed E-state index contributed by atoms with van der Waals surface area (Å²) < 4.78 is 4.15. The Hall–Kier alpha value is -2.79. The molecule has 7 nitrogen and oxygen atoms in total. The molecule has 0 fully saturated rings. The molecule has 2 rings (SSSR count). The van der Waals surface area contributed by atoms with E-state index in [0.717, 1.165) is 43.2 Å². The summed E-state index contributed by atoms with van der Waals surface area (Å²) in [6.07, 6.45) is 2.26. The van der Waals surface area contributed by atoms with E-state index in [0.29, 0.717) is 34.1 Å². The summed E-state index contributed by atoms with van der Waals surface area (Å²) >= 11 is 1.14. The van der Waals surface area contributed by atoms with Crippen molar-refractivity contribution < 1.29 is 4.79 Å². The zero-order valence-corrected chi connectivity index (χ0v) is 17.6. The number of amides is 1. The summed E-state index contributed by atoms with van der Waals surface area (Å²) in [4.78, 5) is 14.5. The minimum Gasteiger partial charge on any atom is -0.372 e. The highest BCUT2D eigenvalue weighted by molar-refractivity contribution is 7.10. The molecule has 148 valence electrons. The van der Waals surface area contributed by atoms with Gasteiger partial charge in [0.2, 0.25) is 5.91 Å². The molecule has 1 N–H and O–H groups in total. The van der Waals surface area contributed by atoms with Crippen LogP contribution in [-0.4, -0.2) is 23.4 Å². The minimum atomic E-state index is -0.0404. The van der Waals surface area contributed by atoms with E-state index >= 15 is 0 Å². The highest BCUT2D eigenvalue weighted by Gasteiger charge is 2.12. The van der Waals surface area contributed by atoms with E-state index in [2.05, 4.69) is 51.7 Å². The third-order valence-electron chi connectivity index (χ3n) is 4.35. The predicted octanol–water partition coefficient (Wildman–Crippen LogP) is 5.71. The molecule has 0 spiro atoms. The smallest absolute Gasteiger partial charge is 0.224 e. The summed E-state index contributed by atoms with van der Waals surface area (Å²) in [5, 5.41) is 21.2. The highest BCUT2D eigenvalue weighted by atomic mass is 32.1. The molecule has 1 aromatic heterocycles. The van der Waals surface area contributed by atoms with Crippen molar-refractivity contribution in [1.82, 2.24) is 4.37 Å². The van der Waals surface area contributed by atoms with Crippen molar-refractivity contribution in [1.29, 1.82) is 5.26 Å². The van der Waals surface area contributed by atoms with Crippen LogP contribution in [0.1, 0.15) is 51.3 Å². The predicted molar refractivity (Wildman–Crippen MR) is 114 cm³/mol. The topological polar surface area (TPSA) is 93.7 Å². The van der Waals surface area contributed by atoms with Crippen molar-refractivity contribution in [3.63, 3.8) is 0 Å². The van der Waals surface area contributed by atoms with Crippen LogP contribution in [0.2, 0.25) is 0 Å². The minimum absolute atomic E-state index is 0.0404. The van der Waals surface area contributed by atoms with Gasteiger partial charge in [-0.3, -0.25) is 4.79 Å². The first-order valence-corrected chi connectivity index (χ1v) is 10.3. The molecule has 0 aliphatic carbocycles. The number of nitrogens with one attached hydrogen (secondary N) is 1. The number of azo groups is 1. The molecule has 1 aromatic carbocycles. The van der Waals surface area contributed by atoms with Gasteiger partial charge in [-0.2, -0.15) is 9.64 Å². The van der Waals surface area contributed by atoms with E-state index in [4.69, 9.17) is 0 Å². The number of nitrogens with zero attached hydrogens (tertiary/aromatic N) is 5.